The predicted molar refractivity (Wildman–Crippen MR) is 77.7 cm³/mol. The molecule has 0 aliphatic heterocycles. The van der Waals surface area contributed by atoms with E-state index in [-0.39, 0.29) is 6.04 Å². The van der Waals surface area contributed by atoms with Gasteiger partial charge in [-0.1, -0.05) is 44.9 Å². The lowest BCUT2D eigenvalue weighted by atomic mass is 9.92. The number of hydrogen-bond acceptors (Lipinski definition) is 3. The highest BCUT2D eigenvalue weighted by molar-refractivity contribution is 5.30. The van der Waals surface area contributed by atoms with Gasteiger partial charge in [-0.05, 0) is 24.1 Å². The molecule has 0 fully saturated rings. The Kier molecular flexibility index (Phi) is 4.71. The first-order valence-corrected chi connectivity index (χ1v) is 6.87. The van der Waals surface area contributed by atoms with Crippen molar-refractivity contribution in [1.29, 1.82) is 0 Å². The van der Waals surface area contributed by atoms with Crippen molar-refractivity contribution in [2.75, 3.05) is 0 Å². The highest BCUT2D eigenvalue weighted by atomic mass is 15.3. The topological polar surface area (TPSA) is 55.9 Å². The summed E-state index contributed by atoms with van der Waals surface area (Å²) in [6.07, 6.45) is 4.16. The van der Waals surface area contributed by atoms with E-state index in [2.05, 4.69) is 24.4 Å². The Bertz CT molecular complexity index is 488. The van der Waals surface area contributed by atoms with Gasteiger partial charge in [0, 0.05) is 6.20 Å². The summed E-state index contributed by atoms with van der Waals surface area (Å²) in [6, 6.07) is 12.3. The van der Waals surface area contributed by atoms with Gasteiger partial charge in [-0.3, -0.25) is 11.3 Å². The summed E-state index contributed by atoms with van der Waals surface area (Å²) in [4.78, 5) is 0. The maximum atomic E-state index is 5.71. The van der Waals surface area contributed by atoms with Crippen LogP contribution in [0.15, 0.2) is 42.6 Å². The molecule has 19 heavy (non-hydrogen) atoms. The average molecular weight is 258 g/mol. The Morgan fingerprint density at radius 3 is 2.42 bits per heavy atom. The smallest absolute Gasteiger partial charge is 0.0814 e. The average Bonchev–Trinajstić information content (AvgIpc) is 2.95. The molecule has 0 radical (unpaired) electrons. The second kappa shape index (κ2) is 6.50. The first-order chi connectivity index (χ1) is 9.30. The molecule has 4 nitrogen and oxygen atoms in total. The molecule has 0 saturated heterocycles. The monoisotopic (exact) mass is 258 g/mol. The lowest BCUT2D eigenvalue weighted by Crippen LogP contribution is -2.33. The number of rotatable bonds is 6. The number of nitrogens with two attached hydrogens (primary N) is 1. The number of hydrogen-bond donors (Lipinski definition) is 2. The van der Waals surface area contributed by atoms with E-state index in [1.807, 2.05) is 47.3 Å². The number of nitrogens with zero attached hydrogens (tertiary/aromatic N) is 2. The van der Waals surface area contributed by atoms with Crippen LogP contribution in [0.25, 0.3) is 5.69 Å². The van der Waals surface area contributed by atoms with Crippen molar-refractivity contribution in [1.82, 2.24) is 15.2 Å². The fourth-order valence-corrected chi connectivity index (χ4v) is 2.45. The molecule has 1 aromatic heterocycles. The Morgan fingerprint density at radius 2 is 1.84 bits per heavy atom. The van der Waals surface area contributed by atoms with Gasteiger partial charge in [0.25, 0.3) is 0 Å². The molecule has 1 unspecified atom stereocenters. The van der Waals surface area contributed by atoms with Gasteiger partial charge in [-0.15, -0.1) is 0 Å². The summed E-state index contributed by atoms with van der Waals surface area (Å²) in [5.74, 6) is 6.21. The van der Waals surface area contributed by atoms with E-state index in [1.54, 1.807) is 0 Å². The molecule has 3 N–H and O–H groups in total. The number of benzene rings is 1. The Balaban J connectivity index is 2.24. The maximum absolute atomic E-state index is 5.71. The van der Waals surface area contributed by atoms with Crippen LogP contribution in [0, 0.1) is 5.92 Å². The largest absolute Gasteiger partial charge is 0.271 e. The van der Waals surface area contributed by atoms with Gasteiger partial charge in [0.1, 0.15) is 0 Å². The van der Waals surface area contributed by atoms with Gasteiger partial charge in [-0.2, -0.15) is 5.10 Å². The zero-order valence-electron chi connectivity index (χ0n) is 11.6. The van der Waals surface area contributed by atoms with Crippen LogP contribution < -0.4 is 11.3 Å². The van der Waals surface area contributed by atoms with E-state index in [9.17, 15) is 0 Å². The van der Waals surface area contributed by atoms with Crippen LogP contribution >= 0.6 is 0 Å². The molecular formula is C15H22N4. The Morgan fingerprint density at radius 1 is 1.16 bits per heavy atom. The molecular weight excluding hydrogens is 236 g/mol. The predicted octanol–water partition coefficient (Wildman–Crippen LogP) is 2.81. The van der Waals surface area contributed by atoms with E-state index in [4.69, 9.17) is 5.84 Å². The second-order valence-corrected chi connectivity index (χ2v) is 4.74. The van der Waals surface area contributed by atoms with Crippen LogP contribution in [-0.4, -0.2) is 9.78 Å². The molecule has 2 rings (SSSR count). The van der Waals surface area contributed by atoms with Gasteiger partial charge in [0.15, 0.2) is 0 Å². The van der Waals surface area contributed by atoms with Crippen LogP contribution in [0.5, 0.6) is 0 Å². The van der Waals surface area contributed by atoms with E-state index < -0.39 is 0 Å². The third kappa shape index (κ3) is 3.03. The fourth-order valence-electron chi connectivity index (χ4n) is 2.45. The molecule has 0 saturated carbocycles. The standard InChI is InChI=1S/C15H22N4/c1-3-12(4-2)15(17-16)14-10-11-19(18-14)13-8-6-5-7-9-13/h5-12,15,17H,3-4,16H2,1-2H3. The van der Waals surface area contributed by atoms with Gasteiger partial charge < -0.3 is 0 Å². The molecule has 1 heterocycles. The summed E-state index contributed by atoms with van der Waals surface area (Å²) < 4.78 is 1.89. The number of hydrazine groups is 1. The summed E-state index contributed by atoms with van der Waals surface area (Å²) in [6.45, 7) is 4.37. The van der Waals surface area contributed by atoms with Crippen LogP contribution in [0.4, 0.5) is 0 Å². The second-order valence-electron chi connectivity index (χ2n) is 4.74. The van der Waals surface area contributed by atoms with Gasteiger partial charge in [0.2, 0.25) is 0 Å². The van der Waals surface area contributed by atoms with Crippen molar-refractivity contribution in [2.45, 2.75) is 32.7 Å². The number of para-hydroxylation sites is 1. The lowest BCUT2D eigenvalue weighted by Gasteiger charge is -2.22. The molecule has 1 aromatic carbocycles. The van der Waals surface area contributed by atoms with Crippen molar-refractivity contribution >= 4 is 0 Å². The van der Waals surface area contributed by atoms with Crippen molar-refractivity contribution < 1.29 is 0 Å². The first kappa shape index (κ1) is 13.8. The van der Waals surface area contributed by atoms with Crippen molar-refractivity contribution in [3.8, 4) is 5.69 Å². The lowest BCUT2D eigenvalue weighted by molar-refractivity contribution is 0.338. The molecule has 0 aliphatic carbocycles. The minimum Gasteiger partial charge on any atom is -0.271 e. The molecule has 0 bridgehead atoms. The number of nitrogens with one attached hydrogen (secondary N) is 1. The molecule has 2 aromatic rings. The molecule has 1 atom stereocenters. The SMILES string of the molecule is CCC(CC)C(NN)c1ccn(-c2ccccc2)n1. The van der Waals surface area contributed by atoms with Gasteiger partial charge in [0.05, 0.1) is 17.4 Å². The molecule has 0 spiro atoms. The third-order valence-corrected chi connectivity index (χ3v) is 3.65. The van der Waals surface area contributed by atoms with E-state index in [1.165, 1.54) is 0 Å². The first-order valence-electron chi connectivity index (χ1n) is 6.87. The fraction of sp³-hybridized carbons (Fsp3) is 0.400. The minimum absolute atomic E-state index is 0.111. The van der Waals surface area contributed by atoms with Crippen molar-refractivity contribution in [3.63, 3.8) is 0 Å². The quantitative estimate of drug-likeness (QED) is 0.619. The normalized spacial score (nSPS) is 12.8. The van der Waals surface area contributed by atoms with E-state index in [0.717, 1.165) is 24.2 Å². The zero-order valence-corrected chi connectivity index (χ0v) is 11.6. The Hall–Kier alpha value is -1.65. The van der Waals surface area contributed by atoms with Crippen molar-refractivity contribution in [2.24, 2.45) is 11.8 Å². The molecule has 4 heteroatoms. The van der Waals surface area contributed by atoms with Crippen molar-refractivity contribution in [3.05, 3.63) is 48.3 Å². The van der Waals surface area contributed by atoms with E-state index >= 15 is 0 Å². The minimum atomic E-state index is 0.111. The molecule has 0 amide bonds. The van der Waals surface area contributed by atoms with Gasteiger partial charge in [-0.25, -0.2) is 4.68 Å². The van der Waals surface area contributed by atoms with Crippen LogP contribution in [0.3, 0.4) is 0 Å². The summed E-state index contributed by atoms with van der Waals surface area (Å²) in [5, 5.41) is 4.64. The van der Waals surface area contributed by atoms with E-state index in [0.29, 0.717) is 5.92 Å². The summed E-state index contributed by atoms with van der Waals surface area (Å²) in [5.41, 5.74) is 4.97. The Labute approximate surface area is 114 Å². The molecule has 102 valence electrons. The third-order valence-electron chi connectivity index (χ3n) is 3.65. The summed E-state index contributed by atoms with van der Waals surface area (Å²) in [7, 11) is 0. The number of aromatic nitrogens is 2. The zero-order chi connectivity index (χ0) is 13.7. The van der Waals surface area contributed by atoms with Crippen LogP contribution in [-0.2, 0) is 0 Å². The maximum Gasteiger partial charge on any atom is 0.0814 e. The van der Waals surface area contributed by atoms with Gasteiger partial charge >= 0.3 is 0 Å². The molecule has 0 aliphatic rings. The summed E-state index contributed by atoms with van der Waals surface area (Å²) >= 11 is 0. The highest BCUT2D eigenvalue weighted by Gasteiger charge is 2.21. The van der Waals surface area contributed by atoms with Crippen LogP contribution in [0.2, 0.25) is 0 Å². The highest BCUT2D eigenvalue weighted by Crippen LogP contribution is 2.25. The van der Waals surface area contributed by atoms with Crippen LogP contribution in [0.1, 0.15) is 38.4 Å².